The number of methoxy groups -OCH3 is 1. The van der Waals surface area contributed by atoms with Gasteiger partial charge in [-0.3, -0.25) is 4.90 Å². The summed E-state index contributed by atoms with van der Waals surface area (Å²) in [5.74, 6) is 0.968. The van der Waals surface area contributed by atoms with Crippen molar-refractivity contribution in [3.05, 3.63) is 28.8 Å². The Hall–Kier alpha value is -1.35. The second-order valence-electron chi connectivity index (χ2n) is 4.45. The van der Waals surface area contributed by atoms with Gasteiger partial charge < -0.3 is 9.53 Å². The van der Waals surface area contributed by atoms with Gasteiger partial charge in [-0.1, -0.05) is 17.7 Å². The molecule has 0 N–H and O–H groups in total. The average Bonchev–Trinajstić information content (AvgIpc) is 2.26. The van der Waals surface area contributed by atoms with Crippen LogP contribution in [0.25, 0.3) is 0 Å². The summed E-state index contributed by atoms with van der Waals surface area (Å²) < 4.78 is 5.44. The summed E-state index contributed by atoms with van der Waals surface area (Å²) in [6, 6.07) is 4.28. The molecule has 0 radical (unpaired) electrons. The van der Waals surface area contributed by atoms with Gasteiger partial charge in [0.15, 0.2) is 0 Å². The first kappa shape index (κ1) is 13.7. The minimum absolute atomic E-state index is 0.479. The fourth-order valence-corrected chi connectivity index (χ4v) is 2.05. The number of carbonyl (C=O) groups excluding carboxylic acids is 1. The molecule has 3 heteroatoms. The normalized spacial score (nSPS) is 10.6. The zero-order valence-corrected chi connectivity index (χ0v) is 11.1. The van der Waals surface area contributed by atoms with Crippen LogP contribution in [-0.4, -0.2) is 38.4 Å². The van der Waals surface area contributed by atoms with Crippen molar-refractivity contribution in [2.24, 2.45) is 0 Å². The van der Waals surface area contributed by atoms with Crippen LogP contribution in [-0.2, 0) is 11.2 Å². The van der Waals surface area contributed by atoms with E-state index in [0.717, 1.165) is 25.0 Å². The number of aryl methyl sites for hydroxylation is 2. The van der Waals surface area contributed by atoms with Crippen LogP contribution in [0.3, 0.4) is 0 Å². The first-order chi connectivity index (χ1) is 8.08. The maximum absolute atomic E-state index is 10.4. The highest BCUT2D eigenvalue weighted by atomic mass is 16.5. The monoisotopic (exact) mass is 235 g/mol. The molecule has 0 aliphatic heterocycles. The molecule has 0 spiro atoms. The number of nitrogens with zero attached hydrogens (tertiary/aromatic N) is 1. The highest BCUT2D eigenvalue weighted by Crippen LogP contribution is 2.25. The van der Waals surface area contributed by atoms with Crippen molar-refractivity contribution < 1.29 is 9.53 Å². The molecule has 0 unspecified atom stereocenters. The average molecular weight is 235 g/mol. The number of carbonyl (C=O) groups is 1. The Bertz CT molecular complexity index is 388. The largest absolute Gasteiger partial charge is 0.496 e. The number of benzene rings is 1. The van der Waals surface area contributed by atoms with E-state index < -0.39 is 0 Å². The second-order valence-corrected chi connectivity index (χ2v) is 4.45. The van der Waals surface area contributed by atoms with Crippen LogP contribution >= 0.6 is 0 Å². The number of ether oxygens (including phenoxy) is 1. The maximum Gasteiger partial charge on any atom is 0.133 e. The molecule has 1 aromatic rings. The summed E-state index contributed by atoms with van der Waals surface area (Å²) in [5.41, 5.74) is 3.62. The van der Waals surface area contributed by atoms with Crippen molar-refractivity contribution in [1.29, 1.82) is 0 Å². The molecule has 0 aliphatic rings. The summed E-state index contributed by atoms with van der Waals surface area (Å²) in [6.07, 6.45) is 1.83. The summed E-state index contributed by atoms with van der Waals surface area (Å²) in [5, 5.41) is 0. The van der Waals surface area contributed by atoms with E-state index in [9.17, 15) is 4.79 Å². The molecule has 0 atom stereocenters. The predicted molar refractivity (Wildman–Crippen MR) is 69.7 cm³/mol. The van der Waals surface area contributed by atoms with Gasteiger partial charge >= 0.3 is 0 Å². The molecule has 94 valence electrons. The Kier molecular flexibility index (Phi) is 5.16. The van der Waals surface area contributed by atoms with Crippen molar-refractivity contribution in [3.8, 4) is 5.75 Å². The maximum atomic E-state index is 10.4. The zero-order valence-electron chi connectivity index (χ0n) is 11.1. The predicted octanol–water partition coefficient (Wildman–Crippen LogP) is 1.99. The number of rotatable bonds is 6. The van der Waals surface area contributed by atoms with Crippen LogP contribution in [0.1, 0.15) is 16.7 Å². The molecule has 0 amide bonds. The lowest BCUT2D eigenvalue weighted by Crippen LogP contribution is -2.23. The molecule has 0 aliphatic carbocycles. The smallest absolute Gasteiger partial charge is 0.133 e. The van der Waals surface area contributed by atoms with Crippen LogP contribution in [0.15, 0.2) is 12.1 Å². The number of hydrogen-bond donors (Lipinski definition) is 0. The second kappa shape index (κ2) is 6.40. The molecule has 3 nitrogen and oxygen atoms in total. The minimum Gasteiger partial charge on any atom is -0.496 e. The van der Waals surface area contributed by atoms with E-state index in [4.69, 9.17) is 4.74 Å². The summed E-state index contributed by atoms with van der Waals surface area (Å²) in [4.78, 5) is 12.4. The number of aldehydes is 1. The third-order valence-corrected chi connectivity index (χ3v) is 2.85. The first-order valence-electron chi connectivity index (χ1n) is 5.84. The van der Waals surface area contributed by atoms with Gasteiger partial charge in [-0.25, -0.2) is 0 Å². The van der Waals surface area contributed by atoms with E-state index in [0.29, 0.717) is 6.54 Å². The Balaban J connectivity index is 2.79. The highest BCUT2D eigenvalue weighted by molar-refractivity contribution is 5.51. The number of hydrogen-bond acceptors (Lipinski definition) is 3. The fourth-order valence-electron chi connectivity index (χ4n) is 2.05. The van der Waals surface area contributed by atoms with E-state index in [1.807, 2.05) is 11.9 Å². The molecule has 0 saturated carbocycles. The van der Waals surface area contributed by atoms with E-state index in [1.165, 1.54) is 16.7 Å². The van der Waals surface area contributed by atoms with Gasteiger partial charge in [0.1, 0.15) is 12.0 Å². The minimum atomic E-state index is 0.479. The van der Waals surface area contributed by atoms with Gasteiger partial charge in [-0.15, -0.1) is 0 Å². The van der Waals surface area contributed by atoms with E-state index >= 15 is 0 Å². The molecule has 1 aromatic carbocycles. The van der Waals surface area contributed by atoms with Gasteiger partial charge in [-0.05, 0) is 38.4 Å². The molecular weight excluding hydrogens is 214 g/mol. The molecule has 0 fully saturated rings. The van der Waals surface area contributed by atoms with Gasteiger partial charge in [0.25, 0.3) is 0 Å². The zero-order chi connectivity index (χ0) is 12.8. The van der Waals surface area contributed by atoms with Gasteiger partial charge in [0.05, 0.1) is 13.7 Å². The summed E-state index contributed by atoms with van der Waals surface area (Å²) in [6.45, 7) is 5.49. The van der Waals surface area contributed by atoms with Crippen molar-refractivity contribution in [2.45, 2.75) is 20.3 Å². The fraction of sp³-hybridized carbons (Fsp3) is 0.500. The van der Waals surface area contributed by atoms with Crippen molar-refractivity contribution in [2.75, 3.05) is 27.2 Å². The summed E-state index contributed by atoms with van der Waals surface area (Å²) >= 11 is 0. The third kappa shape index (κ3) is 3.86. The van der Waals surface area contributed by atoms with Crippen LogP contribution in [0, 0.1) is 13.8 Å². The van der Waals surface area contributed by atoms with E-state index in [-0.39, 0.29) is 0 Å². The summed E-state index contributed by atoms with van der Waals surface area (Å²) in [7, 11) is 3.65. The van der Waals surface area contributed by atoms with Crippen molar-refractivity contribution in [3.63, 3.8) is 0 Å². The van der Waals surface area contributed by atoms with Crippen molar-refractivity contribution >= 4 is 6.29 Å². The molecule has 0 saturated heterocycles. The quantitative estimate of drug-likeness (QED) is 0.706. The molecule has 0 bridgehead atoms. The van der Waals surface area contributed by atoms with Crippen LogP contribution in [0.2, 0.25) is 0 Å². The lowest BCUT2D eigenvalue weighted by atomic mass is 10.0. The lowest BCUT2D eigenvalue weighted by Gasteiger charge is -2.16. The molecule has 0 heterocycles. The molecule has 0 aromatic heterocycles. The Labute approximate surface area is 103 Å². The van der Waals surface area contributed by atoms with Gasteiger partial charge in [-0.2, -0.15) is 0 Å². The molecule has 1 rings (SSSR count). The van der Waals surface area contributed by atoms with Gasteiger partial charge in [0, 0.05) is 6.54 Å². The van der Waals surface area contributed by atoms with Crippen LogP contribution < -0.4 is 4.74 Å². The number of likely N-dealkylation sites (N-methyl/N-ethyl adjacent to an activating group) is 1. The topological polar surface area (TPSA) is 29.5 Å². The SMILES string of the molecule is COc1c(C)cc(C)cc1CCN(C)CC=O. The standard InChI is InChI=1S/C14H21NO2/c1-11-9-12(2)14(17-4)13(10-11)5-6-15(3)7-8-16/h8-10H,5-7H2,1-4H3. The van der Waals surface area contributed by atoms with E-state index in [2.05, 4.69) is 26.0 Å². The Morgan fingerprint density at radius 2 is 2.06 bits per heavy atom. The Morgan fingerprint density at radius 3 is 2.65 bits per heavy atom. The molecule has 17 heavy (non-hydrogen) atoms. The van der Waals surface area contributed by atoms with Gasteiger partial charge in [0.2, 0.25) is 0 Å². The first-order valence-corrected chi connectivity index (χ1v) is 5.84. The van der Waals surface area contributed by atoms with Crippen molar-refractivity contribution in [1.82, 2.24) is 4.90 Å². The van der Waals surface area contributed by atoms with Crippen LogP contribution in [0.5, 0.6) is 5.75 Å². The lowest BCUT2D eigenvalue weighted by molar-refractivity contribution is -0.108. The van der Waals surface area contributed by atoms with E-state index in [1.54, 1.807) is 7.11 Å². The highest BCUT2D eigenvalue weighted by Gasteiger charge is 2.08. The van der Waals surface area contributed by atoms with Crippen LogP contribution in [0.4, 0.5) is 0 Å². The molecular formula is C14H21NO2. The Morgan fingerprint density at radius 1 is 1.35 bits per heavy atom. The third-order valence-electron chi connectivity index (χ3n) is 2.85.